The molecular weight excluding hydrogens is 244 g/mol. The second-order valence-corrected chi connectivity index (χ2v) is 5.88. The third-order valence-corrected chi connectivity index (χ3v) is 3.09. The van der Waals surface area contributed by atoms with Gasteiger partial charge in [-0.25, -0.2) is 10.2 Å². The number of aromatic nitrogens is 1. The molecule has 0 aliphatic carbocycles. The molecule has 6 nitrogen and oxygen atoms in total. The van der Waals surface area contributed by atoms with Gasteiger partial charge < -0.3 is 4.52 Å². The Morgan fingerprint density at radius 2 is 2.21 bits per heavy atom. The Morgan fingerprint density at radius 3 is 2.89 bits per heavy atom. The van der Waals surface area contributed by atoms with Crippen molar-refractivity contribution in [2.75, 3.05) is 18.4 Å². The van der Waals surface area contributed by atoms with Gasteiger partial charge in [0, 0.05) is 24.6 Å². The van der Waals surface area contributed by atoms with Gasteiger partial charge in [0.1, 0.15) is 5.76 Å². The van der Waals surface area contributed by atoms with E-state index >= 15 is 0 Å². The highest BCUT2D eigenvalue weighted by Gasteiger charge is 2.21. The Bertz CT molecular complexity index is 428. The number of nitrogens with zero attached hydrogens (tertiary/aromatic N) is 2. The molecule has 6 heteroatoms. The first-order valence-electron chi connectivity index (χ1n) is 6.76. The van der Waals surface area contributed by atoms with Crippen molar-refractivity contribution in [3.05, 3.63) is 11.8 Å². The monoisotopic (exact) mass is 266 g/mol. The predicted molar refractivity (Wildman–Crippen MR) is 72.8 cm³/mol. The van der Waals surface area contributed by atoms with Crippen LogP contribution in [0.15, 0.2) is 10.6 Å². The van der Waals surface area contributed by atoms with Crippen LogP contribution in [0.2, 0.25) is 0 Å². The Morgan fingerprint density at radius 1 is 1.42 bits per heavy atom. The van der Waals surface area contributed by atoms with Gasteiger partial charge >= 0.3 is 6.03 Å². The van der Waals surface area contributed by atoms with Gasteiger partial charge in [-0.15, -0.1) is 0 Å². The topological polar surface area (TPSA) is 70.4 Å². The molecule has 106 valence electrons. The van der Waals surface area contributed by atoms with Crippen molar-refractivity contribution in [3.63, 3.8) is 0 Å². The third-order valence-electron chi connectivity index (χ3n) is 3.09. The lowest BCUT2D eigenvalue weighted by molar-refractivity contribution is 0.189. The first-order chi connectivity index (χ1) is 8.97. The minimum atomic E-state index is -0.185. The van der Waals surface area contributed by atoms with E-state index in [9.17, 15) is 4.79 Å². The van der Waals surface area contributed by atoms with Crippen LogP contribution in [0.3, 0.4) is 0 Å². The Kier molecular flexibility index (Phi) is 4.09. The largest absolute Gasteiger partial charge is 0.359 e. The fourth-order valence-corrected chi connectivity index (χ4v) is 1.90. The van der Waals surface area contributed by atoms with Crippen LogP contribution < -0.4 is 10.7 Å². The van der Waals surface area contributed by atoms with E-state index in [0.29, 0.717) is 5.82 Å². The number of carbonyl (C=O) groups excluding carboxylic acids is 1. The van der Waals surface area contributed by atoms with E-state index in [1.165, 1.54) is 0 Å². The maximum atomic E-state index is 12.0. The number of anilines is 1. The second-order valence-electron chi connectivity index (χ2n) is 5.88. The summed E-state index contributed by atoms with van der Waals surface area (Å²) < 4.78 is 5.24. The molecule has 2 amide bonds. The molecule has 0 radical (unpaired) electrons. The summed E-state index contributed by atoms with van der Waals surface area (Å²) in [6.07, 6.45) is 3.27. The van der Waals surface area contributed by atoms with Crippen molar-refractivity contribution in [1.82, 2.24) is 15.6 Å². The molecule has 19 heavy (non-hydrogen) atoms. The van der Waals surface area contributed by atoms with Gasteiger partial charge in [0.05, 0.1) is 0 Å². The zero-order valence-electron chi connectivity index (χ0n) is 11.8. The summed E-state index contributed by atoms with van der Waals surface area (Å²) in [5, 5.41) is 8.24. The summed E-state index contributed by atoms with van der Waals surface area (Å²) in [6, 6.07) is 1.59. The average molecular weight is 266 g/mol. The number of urea groups is 1. The van der Waals surface area contributed by atoms with Gasteiger partial charge in [0.15, 0.2) is 5.82 Å². The SMILES string of the molecule is CC(C)(C)c1cc(NC(=O)N2CCCCCN2)no1. The van der Waals surface area contributed by atoms with Gasteiger partial charge in [-0.05, 0) is 12.8 Å². The van der Waals surface area contributed by atoms with E-state index in [4.69, 9.17) is 4.52 Å². The number of rotatable bonds is 1. The molecule has 1 saturated heterocycles. The highest BCUT2D eigenvalue weighted by atomic mass is 16.5. The third kappa shape index (κ3) is 3.70. The molecule has 0 aromatic carbocycles. The Hall–Kier alpha value is -1.56. The van der Waals surface area contributed by atoms with Gasteiger partial charge in [-0.2, -0.15) is 0 Å². The number of hydrogen-bond acceptors (Lipinski definition) is 4. The number of carbonyl (C=O) groups is 1. The first-order valence-corrected chi connectivity index (χ1v) is 6.76. The molecule has 0 atom stereocenters. The summed E-state index contributed by atoms with van der Waals surface area (Å²) in [4.78, 5) is 12.0. The van der Waals surface area contributed by atoms with Crippen LogP contribution in [0.1, 0.15) is 45.8 Å². The van der Waals surface area contributed by atoms with Gasteiger partial charge in [0.2, 0.25) is 0 Å². The zero-order chi connectivity index (χ0) is 13.9. The Balaban J connectivity index is 1.96. The van der Waals surface area contributed by atoms with Gasteiger partial charge in [-0.1, -0.05) is 32.3 Å². The maximum absolute atomic E-state index is 12.0. The second kappa shape index (κ2) is 5.61. The normalized spacial score (nSPS) is 17.1. The van der Waals surface area contributed by atoms with Crippen LogP contribution >= 0.6 is 0 Å². The highest BCUT2D eigenvalue weighted by molar-refractivity contribution is 5.87. The Labute approximate surface area is 113 Å². The summed E-state index contributed by atoms with van der Waals surface area (Å²) in [5.74, 6) is 1.22. The molecule has 0 saturated carbocycles. The molecule has 2 heterocycles. The van der Waals surface area contributed by atoms with Crippen molar-refractivity contribution >= 4 is 11.8 Å². The molecule has 0 bridgehead atoms. The quantitative estimate of drug-likeness (QED) is 0.819. The van der Waals surface area contributed by atoms with Crippen molar-refractivity contribution in [3.8, 4) is 0 Å². The number of nitrogens with one attached hydrogen (secondary N) is 2. The smallest absolute Gasteiger partial charge is 0.337 e. The van der Waals surface area contributed by atoms with Gasteiger partial charge in [-0.3, -0.25) is 10.3 Å². The summed E-state index contributed by atoms with van der Waals surface area (Å²) >= 11 is 0. The van der Waals surface area contributed by atoms with Crippen molar-refractivity contribution in [1.29, 1.82) is 0 Å². The number of amides is 2. The molecule has 1 aliphatic heterocycles. The first kappa shape index (κ1) is 13.9. The van der Waals surface area contributed by atoms with E-state index < -0.39 is 0 Å². The molecule has 1 aliphatic rings. The summed E-state index contributed by atoms with van der Waals surface area (Å²) in [5.41, 5.74) is 2.99. The predicted octanol–water partition coefficient (Wildman–Crippen LogP) is 2.49. The standard InChI is InChI=1S/C13H22N4O2/c1-13(2,3)10-9-11(16-19-10)15-12(18)17-8-6-4-5-7-14-17/h9,14H,4-8H2,1-3H3,(H,15,16,18). The van der Waals surface area contributed by atoms with E-state index in [1.54, 1.807) is 11.1 Å². The van der Waals surface area contributed by atoms with Crippen LogP contribution in [0.5, 0.6) is 0 Å². The van der Waals surface area contributed by atoms with Crippen LogP contribution in [0.4, 0.5) is 10.6 Å². The average Bonchev–Trinajstić information content (AvgIpc) is 2.63. The van der Waals surface area contributed by atoms with Crippen molar-refractivity contribution in [2.45, 2.75) is 45.4 Å². The van der Waals surface area contributed by atoms with E-state index in [1.807, 2.05) is 20.8 Å². The molecule has 0 spiro atoms. The number of hydrogen-bond donors (Lipinski definition) is 2. The van der Waals surface area contributed by atoms with Crippen LogP contribution in [-0.4, -0.2) is 29.3 Å². The van der Waals surface area contributed by atoms with Crippen molar-refractivity contribution < 1.29 is 9.32 Å². The minimum absolute atomic E-state index is 0.114. The molecule has 1 fully saturated rings. The molecule has 1 aromatic heterocycles. The molecule has 0 unspecified atom stereocenters. The van der Waals surface area contributed by atoms with Gasteiger partial charge in [0.25, 0.3) is 0 Å². The molecular formula is C13H22N4O2. The lowest BCUT2D eigenvalue weighted by Crippen LogP contribution is -2.45. The van der Waals surface area contributed by atoms with Crippen LogP contribution in [0.25, 0.3) is 0 Å². The van der Waals surface area contributed by atoms with E-state index in [2.05, 4.69) is 15.9 Å². The lowest BCUT2D eigenvalue weighted by Gasteiger charge is -2.20. The minimum Gasteiger partial charge on any atom is -0.359 e. The van der Waals surface area contributed by atoms with E-state index in [0.717, 1.165) is 38.1 Å². The number of hydrazine groups is 1. The zero-order valence-corrected chi connectivity index (χ0v) is 11.8. The fraction of sp³-hybridized carbons (Fsp3) is 0.692. The highest BCUT2D eigenvalue weighted by Crippen LogP contribution is 2.24. The lowest BCUT2D eigenvalue weighted by atomic mass is 9.93. The van der Waals surface area contributed by atoms with Crippen LogP contribution in [-0.2, 0) is 5.41 Å². The molecule has 1 aromatic rings. The van der Waals surface area contributed by atoms with E-state index in [-0.39, 0.29) is 11.4 Å². The maximum Gasteiger partial charge on any atom is 0.337 e. The fourth-order valence-electron chi connectivity index (χ4n) is 1.90. The van der Waals surface area contributed by atoms with Crippen LogP contribution in [0, 0.1) is 0 Å². The van der Waals surface area contributed by atoms with Crippen molar-refractivity contribution in [2.24, 2.45) is 0 Å². The summed E-state index contributed by atoms with van der Waals surface area (Å²) in [7, 11) is 0. The molecule has 2 N–H and O–H groups in total. The molecule has 2 rings (SSSR count). The summed E-state index contributed by atoms with van der Waals surface area (Å²) in [6.45, 7) is 7.66.